The van der Waals surface area contributed by atoms with E-state index >= 15 is 0 Å². The summed E-state index contributed by atoms with van der Waals surface area (Å²) in [5.41, 5.74) is 9.99. The van der Waals surface area contributed by atoms with Crippen LogP contribution in [0.4, 0.5) is 0 Å². The molecular weight excluding hydrogens is 252 g/mol. The summed E-state index contributed by atoms with van der Waals surface area (Å²) < 4.78 is 0. The van der Waals surface area contributed by atoms with Crippen LogP contribution in [-0.2, 0) is 6.42 Å². The van der Waals surface area contributed by atoms with Gasteiger partial charge in [-0.05, 0) is 55.4 Å². The Hall–Kier alpha value is -1.82. The largest absolute Gasteiger partial charge is 0.0654 e. The van der Waals surface area contributed by atoms with Crippen LogP contribution in [0.5, 0.6) is 0 Å². The summed E-state index contributed by atoms with van der Waals surface area (Å²) in [6.45, 7) is 6.63. The zero-order chi connectivity index (χ0) is 14.8. The van der Waals surface area contributed by atoms with E-state index in [1.807, 2.05) is 0 Å². The first-order chi connectivity index (χ1) is 10.2. The third-order valence-electron chi connectivity index (χ3n) is 4.35. The van der Waals surface area contributed by atoms with Crippen molar-refractivity contribution in [2.75, 3.05) is 0 Å². The van der Waals surface area contributed by atoms with Crippen LogP contribution >= 0.6 is 0 Å². The van der Waals surface area contributed by atoms with Crippen LogP contribution in [0.1, 0.15) is 48.4 Å². The van der Waals surface area contributed by atoms with Gasteiger partial charge in [0.15, 0.2) is 0 Å². The van der Waals surface area contributed by atoms with E-state index in [0.29, 0.717) is 0 Å². The molecule has 0 saturated heterocycles. The number of hydrogen-bond donors (Lipinski definition) is 0. The molecule has 2 aromatic rings. The molecule has 0 heteroatoms. The standard InChI is InChI=1S/C21H24/c1-4-5-7-17-13-18-8-6-9-20(21(18)14-17)19-11-15(2)10-16(3)12-19/h6,8-12,14H,4-5,7,13H2,1-3H3. The van der Waals surface area contributed by atoms with Crippen LogP contribution in [0.25, 0.3) is 17.2 Å². The van der Waals surface area contributed by atoms with Crippen molar-refractivity contribution in [3.63, 3.8) is 0 Å². The molecule has 0 aliphatic heterocycles. The van der Waals surface area contributed by atoms with Gasteiger partial charge in [-0.25, -0.2) is 0 Å². The summed E-state index contributed by atoms with van der Waals surface area (Å²) in [6.07, 6.45) is 7.42. The molecular formula is C21H24. The van der Waals surface area contributed by atoms with Crippen molar-refractivity contribution < 1.29 is 0 Å². The van der Waals surface area contributed by atoms with E-state index in [0.717, 1.165) is 6.42 Å². The van der Waals surface area contributed by atoms with Crippen LogP contribution < -0.4 is 0 Å². The Kier molecular flexibility index (Phi) is 3.96. The maximum Gasteiger partial charge on any atom is -0.00576 e. The van der Waals surface area contributed by atoms with Gasteiger partial charge in [-0.15, -0.1) is 0 Å². The molecule has 0 aromatic heterocycles. The van der Waals surface area contributed by atoms with Crippen LogP contribution in [0.2, 0.25) is 0 Å². The summed E-state index contributed by atoms with van der Waals surface area (Å²) in [5, 5.41) is 0. The molecule has 3 rings (SSSR count). The number of hydrogen-bond acceptors (Lipinski definition) is 0. The van der Waals surface area contributed by atoms with Crippen LogP contribution in [-0.4, -0.2) is 0 Å². The highest BCUT2D eigenvalue weighted by Crippen LogP contribution is 2.36. The molecule has 21 heavy (non-hydrogen) atoms. The first kappa shape index (κ1) is 14.1. The molecule has 0 radical (unpaired) electrons. The van der Waals surface area contributed by atoms with E-state index in [1.54, 1.807) is 5.57 Å². The maximum atomic E-state index is 2.44. The summed E-state index contributed by atoms with van der Waals surface area (Å²) >= 11 is 0. The number of allylic oxidation sites excluding steroid dienone is 1. The molecule has 2 aromatic carbocycles. The van der Waals surface area contributed by atoms with Gasteiger partial charge >= 0.3 is 0 Å². The van der Waals surface area contributed by atoms with Gasteiger partial charge in [0.2, 0.25) is 0 Å². The third kappa shape index (κ3) is 2.95. The van der Waals surface area contributed by atoms with Crippen molar-refractivity contribution in [2.45, 2.75) is 46.5 Å². The number of benzene rings is 2. The van der Waals surface area contributed by atoms with E-state index in [2.05, 4.69) is 63.2 Å². The molecule has 0 N–H and O–H groups in total. The quantitative estimate of drug-likeness (QED) is 0.633. The minimum Gasteiger partial charge on any atom is -0.0654 e. The number of aryl methyl sites for hydroxylation is 2. The van der Waals surface area contributed by atoms with Gasteiger partial charge < -0.3 is 0 Å². The molecule has 0 spiro atoms. The van der Waals surface area contributed by atoms with Gasteiger partial charge in [-0.1, -0.05) is 72.5 Å². The summed E-state index contributed by atoms with van der Waals surface area (Å²) in [5.74, 6) is 0. The maximum absolute atomic E-state index is 2.44. The Morgan fingerprint density at radius 3 is 2.48 bits per heavy atom. The van der Waals surface area contributed by atoms with Gasteiger partial charge in [0.05, 0.1) is 0 Å². The second kappa shape index (κ2) is 5.89. The topological polar surface area (TPSA) is 0 Å². The molecule has 0 bridgehead atoms. The third-order valence-corrected chi connectivity index (χ3v) is 4.35. The monoisotopic (exact) mass is 276 g/mol. The van der Waals surface area contributed by atoms with Crippen molar-refractivity contribution in [2.24, 2.45) is 0 Å². The van der Waals surface area contributed by atoms with E-state index in [1.165, 1.54) is 52.6 Å². The molecule has 0 atom stereocenters. The first-order valence-electron chi connectivity index (χ1n) is 8.07. The average Bonchev–Trinajstić information content (AvgIpc) is 2.86. The Bertz CT molecular complexity index is 669. The molecule has 1 aliphatic carbocycles. The number of fused-ring (bicyclic) bond motifs is 1. The second-order valence-electron chi connectivity index (χ2n) is 6.34. The molecule has 0 amide bonds. The van der Waals surface area contributed by atoms with Crippen LogP contribution in [0.3, 0.4) is 0 Å². The Balaban J connectivity index is 2.02. The lowest BCUT2D eigenvalue weighted by Crippen LogP contribution is -1.89. The highest BCUT2D eigenvalue weighted by Gasteiger charge is 2.16. The zero-order valence-electron chi connectivity index (χ0n) is 13.4. The predicted octanol–water partition coefficient (Wildman–Crippen LogP) is 6.10. The van der Waals surface area contributed by atoms with Gasteiger partial charge in [0.25, 0.3) is 0 Å². The van der Waals surface area contributed by atoms with Crippen molar-refractivity contribution in [1.82, 2.24) is 0 Å². The Morgan fingerprint density at radius 1 is 1.00 bits per heavy atom. The van der Waals surface area contributed by atoms with Gasteiger partial charge in [0.1, 0.15) is 0 Å². The van der Waals surface area contributed by atoms with Crippen molar-refractivity contribution in [1.29, 1.82) is 0 Å². The SMILES string of the molecule is CCCCC1=Cc2c(cccc2-c2cc(C)cc(C)c2)C1. The van der Waals surface area contributed by atoms with Crippen molar-refractivity contribution >= 4 is 6.08 Å². The smallest absolute Gasteiger partial charge is 0.00576 e. The molecule has 0 heterocycles. The fourth-order valence-electron chi connectivity index (χ4n) is 3.38. The molecule has 0 saturated carbocycles. The van der Waals surface area contributed by atoms with E-state index in [9.17, 15) is 0 Å². The first-order valence-corrected chi connectivity index (χ1v) is 8.07. The Morgan fingerprint density at radius 2 is 1.76 bits per heavy atom. The lowest BCUT2D eigenvalue weighted by atomic mass is 9.95. The van der Waals surface area contributed by atoms with E-state index < -0.39 is 0 Å². The normalized spacial score (nSPS) is 13.2. The molecule has 0 nitrogen and oxygen atoms in total. The van der Waals surface area contributed by atoms with Crippen LogP contribution in [0, 0.1) is 13.8 Å². The second-order valence-corrected chi connectivity index (χ2v) is 6.34. The van der Waals surface area contributed by atoms with Crippen molar-refractivity contribution in [3.8, 4) is 11.1 Å². The predicted molar refractivity (Wildman–Crippen MR) is 92.6 cm³/mol. The minimum atomic E-state index is 1.15. The van der Waals surface area contributed by atoms with Gasteiger partial charge in [-0.2, -0.15) is 0 Å². The summed E-state index contributed by atoms with van der Waals surface area (Å²) in [4.78, 5) is 0. The minimum absolute atomic E-state index is 1.15. The van der Waals surface area contributed by atoms with E-state index in [-0.39, 0.29) is 0 Å². The highest BCUT2D eigenvalue weighted by atomic mass is 14.2. The van der Waals surface area contributed by atoms with Gasteiger partial charge in [-0.3, -0.25) is 0 Å². The molecule has 108 valence electrons. The fraction of sp³-hybridized carbons (Fsp3) is 0.333. The zero-order valence-corrected chi connectivity index (χ0v) is 13.4. The fourth-order valence-corrected chi connectivity index (χ4v) is 3.38. The Labute approximate surface area is 128 Å². The van der Waals surface area contributed by atoms with Crippen LogP contribution in [0.15, 0.2) is 42.0 Å². The summed E-state index contributed by atoms with van der Waals surface area (Å²) in [6, 6.07) is 13.6. The van der Waals surface area contributed by atoms with Crippen molar-refractivity contribution in [3.05, 3.63) is 64.2 Å². The molecule has 1 aliphatic rings. The highest BCUT2D eigenvalue weighted by molar-refractivity contribution is 5.81. The average molecular weight is 276 g/mol. The molecule has 0 fully saturated rings. The summed E-state index contributed by atoms with van der Waals surface area (Å²) in [7, 11) is 0. The van der Waals surface area contributed by atoms with E-state index in [4.69, 9.17) is 0 Å². The lowest BCUT2D eigenvalue weighted by molar-refractivity contribution is 0.779. The molecule has 0 unspecified atom stereocenters. The number of unbranched alkanes of at least 4 members (excludes halogenated alkanes) is 1. The number of rotatable bonds is 4. The lowest BCUT2D eigenvalue weighted by Gasteiger charge is -2.10. The van der Waals surface area contributed by atoms with Gasteiger partial charge in [0, 0.05) is 0 Å².